The molecule has 7 heteroatoms. The number of benzene rings is 1. The molecule has 0 aliphatic heterocycles. The van der Waals surface area contributed by atoms with E-state index in [1.165, 1.54) is 14.0 Å². The van der Waals surface area contributed by atoms with Gasteiger partial charge in [-0.1, -0.05) is 26.8 Å². The summed E-state index contributed by atoms with van der Waals surface area (Å²) in [6.45, 7) is 7.96. The number of amides is 2. The Morgan fingerprint density at radius 3 is 2.37 bits per heavy atom. The predicted octanol–water partition coefficient (Wildman–Crippen LogP) is 2.34. The SMILES string of the molecule is COC(=O)c1ccc(C(C)(C)C)c(NC(=O)C(CCCCN)NC(C)=O)c1. The Bertz CT molecular complexity index is 680. The van der Waals surface area contributed by atoms with Crippen LogP contribution >= 0.6 is 0 Å². The topological polar surface area (TPSA) is 111 Å². The number of carbonyl (C=O) groups excluding carboxylic acids is 3. The Labute approximate surface area is 161 Å². The average molecular weight is 377 g/mol. The van der Waals surface area contributed by atoms with Crippen LogP contribution in [-0.2, 0) is 19.7 Å². The summed E-state index contributed by atoms with van der Waals surface area (Å²) in [6, 6.07) is 4.43. The monoisotopic (exact) mass is 377 g/mol. The van der Waals surface area contributed by atoms with E-state index < -0.39 is 12.0 Å². The number of hydrogen-bond acceptors (Lipinski definition) is 5. The van der Waals surface area contributed by atoms with Crippen molar-refractivity contribution in [1.29, 1.82) is 0 Å². The minimum absolute atomic E-state index is 0.250. The molecule has 1 aromatic rings. The van der Waals surface area contributed by atoms with E-state index in [1.54, 1.807) is 12.1 Å². The molecule has 1 atom stereocenters. The summed E-state index contributed by atoms with van der Waals surface area (Å²) < 4.78 is 4.77. The molecule has 1 unspecified atom stereocenters. The fourth-order valence-electron chi connectivity index (χ4n) is 2.77. The zero-order chi connectivity index (χ0) is 20.6. The molecule has 150 valence electrons. The summed E-state index contributed by atoms with van der Waals surface area (Å²) in [5.41, 5.74) is 7.02. The van der Waals surface area contributed by atoms with Gasteiger partial charge in [-0.05, 0) is 48.9 Å². The van der Waals surface area contributed by atoms with Crippen molar-refractivity contribution in [2.24, 2.45) is 5.73 Å². The quantitative estimate of drug-likeness (QED) is 0.476. The van der Waals surface area contributed by atoms with Crippen LogP contribution in [0.1, 0.15) is 62.9 Å². The summed E-state index contributed by atoms with van der Waals surface area (Å²) in [7, 11) is 1.31. The van der Waals surface area contributed by atoms with Crippen molar-refractivity contribution in [3.63, 3.8) is 0 Å². The molecule has 0 spiro atoms. The first kappa shape index (κ1) is 22.6. The molecule has 27 heavy (non-hydrogen) atoms. The van der Waals surface area contributed by atoms with Gasteiger partial charge in [-0.25, -0.2) is 4.79 Å². The second-order valence-electron chi connectivity index (χ2n) is 7.53. The Balaban J connectivity index is 3.14. The summed E-state index contributed by atoms with van der Waals surface area (Å²) in [5.74, 6) is -1.08. The van der Waals surface area contributed by atoms with Gasteiger partial charge in [0.25, 0.3) is 0 Å². The largest absolute Gasteiger partial charge is 0.465 e. The number of carbonyl (C=O) groups is 3. The molecule has 0 bridgehead atoms. The summed E-state index contributed by atoms with van der Waals surface area (Å²) in [5, 5.41) is 5.56. The maximum Gasteiger partial charge on any atom is 0.337 e. The van der Waals surface area contributed by atoms with Crippen LogP contribution in [0.5, 0.6) is 0 Å². The van der Waals surface area contributed by atoms with Gasteiger partial charge in [-0.15, -0.1) is 0 Å². The smallest absolute Gasteiger partial charge is 0.337 e. The first-order chi connectivity index (χ1) is 12.6. The molecule has 1 rings (SSSR count). The van der Waals surface area contributed by atoms with Crippen molar-refractivity contribution in [2.75, 3.05) is 19.0 Å². The Morgan fingerprint density at radius 1 is 1.19 bits per heavy atom. The Hall–Kier alpha value is -2.41. The second kappa shape index (κ2) is 10.1. The summed E-state index contributed by atoms with van der Waals surface area (Å²) >= 11 is 0. The van der Waals surface area contributed by atoms with E-state index in [-0.39, 0.29) is 17.2 Å². The number of esters is 1. The van der Waals surface area contributed by atoms with Gasteiger partial charge in [0, 0.05) is 12.6 Å². The molecule has 4 N–H and O–H groups in total. The van der Waals surface area contributed by atoms with Gasteiger partial charge >= 0.3 is 5.97 Å². The van der Waals surface area contributed by atoms with E-state index in [2.05, 4.69) is 10.6 Å². The van der Waals surface area contributed by atoms with Crippen molar-refractivity contribution < 1.29 is 19.1 Å². The average Bonchev–Trinajstić information content (AvgIpc) is 2.58. The minimum atomic E-state index is -0.663. The molecule has 0 aliphatic rings. The molecular weight excluding hydrogens is 346 g/mol. The van der Waals surface area contributed by atoms with E-state index in [0.29, 0.717) is 24.2 Å². The fourth-order valence-corrected chi connectivity index (χ4v) is 2.77. The van der Waals surface area contributed by atoms with Crippen LogP contribution in [0, 0.1) is 0 Å². The third kappa shape index (κ3) is 7.02. The number of methoxy groups -OCH3 is 1. The van der Waals surface area contributed by atoms with Gasteiger partial charge in [0.2, 0.25) is 11.8 Å². The number of nitrogens with two attached hydrogens (primary N) is 1. The van der Waals surface area contributed by atoms with Gasteiger partial charge in [-0.3, -0.25) is 9.59 Å². The van der Waals surface area contributed by atoms with E-state index in [1.807, 2.05) is 26.8 Å². The maximum absolute atomic E-state index is 12.8. The van der Waals surface area contributed by atoms with Gasteiger partial charge in [-0.2, -0.15) is 0 Å². The maximum atomic E-state index is 12.8. The predicted molar refractivity (Wildman–Crippen MR) is 106 cm³/mol. The number of nitrogens with one attached hydrogen (secondary N) is 2. The summed E-state index contributed by atoms with van der Waals surface area (Å²) in [6.07, 6.45) is 1.99. The molecule has 0 aliphatic carbocycles. The molecule has 1 aromatic carbocycles. The third-order valence-corrected chi connectivity index (χ3v) is 4.15. The van der Waals surface area contributed by atoms with Crippen molar-refractivity contribution in [3.8, 4) is 0 Å². The number of anilines is 1. The number of hydrogen-bond donors (Lipinski definition) is 3. The molecule has 0 radical (unpaired) electrons. The lowest BCUT2D eigenvalue weighted by atomic mass is 9.85. The molecule has 2 amide bonds. The molecule has 7 nitrogen and oxygen atoms in total. The third-order valence-electron chi connectivity index (χ3n) is 4.15. The lowest BCUT2D eigenvalue weighted by molar-refractivity contribution is -0.125. The molecule has 0 aromatic heterocycles. The van der Waals surface area contributed by atoms with Crippen LogP contribution in [0.3, 0.4) is 0 Å². The van der Waals surface area contributed by atoms with E-state index in [4.69, 9.17) is 10.5 Å². The standard InChI is InChI=1S/C20H31N3O4/c1-13(24)22-16(8-6-7-11-21)18(25)23-17-12-14(19(26)27-5)9-10-15(17)20(2,3)4/h9-10,12,16H,6-8,11,21H2,1-5H3,(H,22,24)(H,23,25). The lowest BCUT2D eigenvalue weighted by Gasteiger charge is -2.25. The highest BCUT2D eigenvalue weighted by molar-refractivity contribution is 5.99. The second-order valence-corrected chi connectivity index (χ2v) is 7.53. The highest BCUT2D eigenvalue weighted by Crippen LogP contribution is 2.31. The van der Waals surface area contributed by atoms with Gasteiger partial charge < -0.3 is 21.1 Å². The molecule has 0 fully saturated rings. The Kier molecular flexibility index (Phi) is 8.43. The van der Waals surface area contributed by atoms with Crippen molar-refractivity contribution in [1.82, 2.24) is 5.32 Å². The van der Waals surface area contributed by atoms with Gasteiger partial charge in [0.05, 0.1) is 12.7 Å². The molecular formula is C20H31N3O4. The van der Waals surface area contributed by atoms with Crippen LogP contribution < -0.4 is 16.4 Å². The zero-order valence-corrected chi connectivity index (χ0v) is 16.8. The fraction of sp³-hybridized carbons (Fsp3) is 0.550. The van der Waals surface area contributed by atoms with Gasteiger partial charge in [0.1, 0.15) is 6.04 Å². The van der Waals surface area contributed by atoms with Crippen LogP contribution in [0.25, 0.3) is 0 Å². The molecule has 0 saturated carbocycles. The van der Waals surface area contributed by atoms with Gasteiger partial charge in [0.15, 0.2) is 0 Å². The summed E-state index contributed by atoms with van der Waals surface area (Å²) in [4.78, 5) is 36.1. The van der Waals surface area contributed by atoms with E-state index in [9.17, 15) is 14.4 Å². The Morgan fingerprint density at radius 2 is 1.85 bits per heavy atom. The van der Waals surface area contributed by atoms with Crippen molar-refractivity contribution >= 4 is 23.5 Å². The number of rotatable bonds is 8. The van der Waals surface area contributed by atoms with Crippen LogP contribution in [0.15, 0.2) is 18.2 Å². The first-order valence-corrected chi connectivity index (χ1v) is 9.11. The lowest BCUT2D eigenvalue weighted by Crippen LogP contribution is -2.43. The zero-order valence-electron chi connectivity index (χ0n) is 16.8. The highest BCUT2D eigenvalue weighted by atomic mass is 16.5. The van der Waals surface area contributed by atoms with E-state index in [0.717, 1.165) is 18.4 Å². The van der Waals surface area contributed by atoms with Crippen LogP contribution in [0.2, 0.25) is 0 Å². The normalized spacial score (nSPS) is 12.2. The number of ether oxygens (including phenoxy) is 1. The first-order valence-electron chi connectivity index (χ1n) is 9.11. The molecule has 0 saturated heterocycles. The minimum Gasteiger partial charge on any atom is -0.465 e. The molecule has 0 heterocycles. The van der Waals surface area contributed by atoms with E-state index >= 15 is 0 Å². The number of unbranched alkanes of at least 4 members (excludes halogenated alkanes) is 1. The van der Waals surface area contributed by atoms with Crippen molar-refractivity contribution in [2.45, 2.75) is 58.4 Å². The van der Waals surface area contributed by atoms with Crippen LogP contribution in [0.4, 0.5) is 5.69 Å². The van der Waals surface area contributed by atoms with Crippen LogP contribution in [-0.4, -0.2) is 37.5 Å². The highest BCUT2D eigenvalue weighted by Gasteiger charge is 2.24. The van der Waals surface area contributed by atoms with Crippen molar-refractivity contribution in [3.05, 3.63) is 29.3 Å².